The van der Waals surface area contributed by atoms with Crippen molar-refractivity contribution in [3.63, 3.8) is 0 Å². The number of rotatable bonds is 9. The summed E-state index contributed by atoms with van der Waals surface area (Å²) in [6.45, 7) is 6.24. The van der Waals surface area contributed by atoms with E-state index < -0.39 is 5.97 Å². The smallest absolute Gasteiger partial charge is 0.335 e. The number of hydrogen-bond acceptors (Lipinski definition) is 6. The monoisotopic (exact) mass is 439 g/mol. The van der Waals surface area contributed by atoms with Crippen molar-refractivity contribution in [3.05, 3.63) is 76.7 Å². The Morgan fingerprint density at radius 3 is 2.52 bits per heavy atom. The van der Waals surface area contributed by atoms with Gasteiger partial charge in [-0.25, -0.2) is 4.79 Å². The van der Waals surface area contributed by atoms with Gasteiger partial charge in [0, 0.05) is 6.54 Å². The van der Waals surface area contributed by atoms with Crippen molar-refractivity contribution in [3.8, 4) is 11.5 Å². The van der Waals surface area contributed by atoms with Crippen molar-refractivity contribution in [1.29, 1.82) is 0 Å². The topological polar surface area (TPSA) is 93.1 Å². The van der Waals surface area contributed by atoms with E-state index in [1.807, 2.05) is 6.92 Å². The maximum Gasteiger partial charge on any atom is 0.335 e. The number of thioether (sulfide) groups is 1. The second kappa shape index (κ2) is 9.99. The molecule has 1 fully saturated rings. The molecule has 0 atom stereocenters. The summed E-state index contributed by atoms with van der Waals surface area (Å²) in [4.78, 5) is 36.8. The fourth-order valence-electron chi connectivity index (χ4n) is 2.84. The zero-order chi connectivity index (χ0) is 22.4. The fraction of sp³-hybridized carbons (Fsp3) is 0.174. The number of amides is 2. The zero-order valence-electron chi connectivity index (χ0n) is 16.9. The molecule has 0 aliphatic carbocycles. The van der Waals surface area contributed by atoms with Crippen LogP contribution in [0.1, 0.15) is 28.4 Å². The Balaban J connectivity index is 1.76. The third-order valence-corrected chi connectivity index (χ3v) is 5.25. The van der Waals surface area contributed by atoms with Crippen LogP contribution in [0.25, 0.3) is 6.08 Å². The summed E-state index contributed by atoms with van der Waals surface area (Å²) in [5.74, 6) is -0.313. The molecule has 1 aliphatic heterocycles. The molecule has 2 aromatic rings. The fourth-order valence-corrected chi connectivity index (χ4v) is 3.69. The predicted molar refractivity (Wildman–Crippen MR) is 118 cm³/mol. The number of carboxylic acid groups (broad SMARTS) is 1. The number of hydrogen-bond donors (Lipinski definition) is 1. The van der Waals surface area contributed by atoms with Crippen LogP contribution in [0, 0.1) is 0 Å². The first-order valence-electron chi connectivity index (χ1n) is 9.51. The lowest BCUT2D eigenvalue weighted by Gasteiger charge is -2.13. The summed E-state index contributed by atoms with van der Waals surface area (Å²) in [6, 6.07) is 11.7. The number of carboxylic acids is 1. The van der Waals surface area contributed by atoms with Gasteiger partial charge in [0.25, 0.3) is 11.1 Å². The van der Waals surface area contributed by atoms with E-state index in [1.54, 1.807) is 36.4 Å². The van der Waals surface area contributed by atoms with Gasteiger partial charge in [0.05, 0.1) is 17.1 Å². The van der Waals surface area contributed by atoms with Crippen molar-refractivity contribution in [2.45, 2.75) is 13.5 Å². The van der Waals surface area contributed by atoms with Crippen LogP contribution in [0.5, 0.6) is 11.5 Å². The van der Waals surface area contributed by atoms with E-state index in [0.29, 0.717) is 28.6 Å². The summed E-state index contributed by atoms with van der Waals surface area (Å²) < 4.78 is 11.5. The Morgan fingerprint density at radius 2 is 1.87 bits per heavy atom. The van der Waals surface area contributed by atoms with Crippen molar-refractivity contribution < 1.29 is 29.0 Å². The number of aromatic carboxylic acids is 1. The van der Waals surface area contributed by atoms with E-state index >= 15 is 0 Å². The molecule has 2 amide bonds. The molecule has 0 unspecified atom stereocenters. The molecule has 160 valence electrons. The average molecular weight is 439 g/mol. The first-order chi connectivity index (χ1) is 14.9. The van der Waals surface area contributed by atoms with Gasteiger partial charge >= 0.3 is 5.97 Å². The molecule has 1 heterocycles. The van der Waals surface area contributed by atoms with Crippen molar-refractivity contribution in [2.24, 2.45) is 0 Å². The molecule has 3 rings (SSSR count). The van der Waals surface area contributed by atoms with E-state index in [0.717, 1.165) is 22.2 Å². The van der Waals surface area contributed by atoms with Gasteiger partial charge in [0.2, 0.25) is 0 Å². The van der Waals surface area contributed by atoms with Crippen LogP contribution in [0.2, 0.25) is 0 Å². The number of nitrogens with zero attached hydrogens (tertiary/aromatic N) is 1. The van der Waals surface area contributed by atoms with E-state index in [2.05, 4.69) is 6.58 Å². The van der Waals surface area contributed by atoms with Crippen molar-refractivity contribution in [2.75, 3.05) is 13.2 Å². The van der Waals surface area contributed by atoms with Crippen LogP contribution in [0.3, 0.4) is 0 Å². The van der Waals surface area contributed by atoms with Gasteiger partial charge in [0.15, 0.2) is 11.5 Å². The van der Waals surface area contributed by atoms with E-state index in [4.69, 9.17) is 14.6 Å². The molecular formula is C23H21NO6S. The Kier molecular flexibility index (Phi) is 7.15. The van der Waals surface area contributed by atoms with Crippen molar-refractivity contribution in [1.82, 2.24) is 4.90 Å². The number of carbonyl (C=O) groups is 3. The lowest BCUT2D eigenvalue weighted by molar-refractivity contribution is -0.122. The summed E-state index contributed by atoms with van der Waals surface area (Å²) in [5, 5.41) is 8.65. The molecular weight excluding hydrogens is 418 g/mol. The molecule has 7 nitrogen and oxygen atoms in total. The first-order valence-corrected chi connectivity index (χ1v) is 10.3. The number of carbonyl (C=O) groups excluding carboxylic acids is 2. The van der Waals surface area contributed by atoms with Crippen molar-refractivity contribution >= 4 is 35.0 Å². The van der Waals surface area contributed by atoms with Gasteiger partial charge in [0.1, 0.15) is 6.61 Å². The summed E-state index contributed by atoms with van der Waals surface area (Å²) in [5.41, 5.74) is 1.72. The van der Waals surface area contributed by atoms with Gasteiger partial charge in [-0.15, -0.1) is 6.58 Å². The third kappa shape index (κ3) is 5.35. The molecule has 0 spiro atoms. The molecule has 31 heavy (non-hydrogen) atoms. The molecule has 0 bridgehead atoms. The highest BCUT2D eigenvalue weighted by molar-refractivity contribution is 8.18. The maximum absolute atomic E-state index is 12.4. The predicted octanol–water partition coefficient (Wildman–Crippen LogP) is 4.58. The lowest BCUT2D eigenvalue weighted by atomic mass is 10.1. The lowest BCUT2D eigenvalue weighted by Crippen LogP contribution is -2.27. The van der Waals surface area contributed by atoms with Crippen LogP contribution in [0.4, 0.5) is 4.79 Å². The minimum absolute atomic E-state index is 0.173. The second-order valence-corrected chi connectivity index (χ2v) is 7.50. The van der Waals surface area contributed by atoms with Crippen LogP contribution in [0.15, 0.2) is 60.0 Å². The third-order valence-electron chi connectivity index (χ3n) is 4.35. The molecule has 2 aromatic carbocycles. The Labute approximate surface area is 184 Å². The normalized spacial score (nSPS) is 14.7. The van der Waals surface area contributed by atoms with Gasteiger partial charge < -0.3 is 14.6 Å². The van der Waals surface area contributed by atoms with Crippen LogP contribution in [-0.4, -0.2) is 40.3 Å². The first kappa shape index (κ1) is 22.2. The van der Waals surface area contributed by atoms with E-state index in [-0.39, 0.29) is 29.9 Å². The highest BCUT2D eigenvalue weighted by Crippen LogP contribution is 2.34. The molecule has 1 saturated heterocycles. The van der Waals surface area contributed by atoms with Gasteiger partial charge in [-0.2, -0.15) is 0 Å². The quantitative estimate of drug-likeness (QED) is 0.451. The molecule has 0 aromatic heterocycles. The SMILES string of the molecule is C=CCN1C(=O)S/C(=C/c2ccc(OCc3ccc(C(=O)O)cc3)c(OCC)c2)C1=O. The number of imide groups is 1. The molecule has 0 radical (unpaired) electrons. The largest absolute Gasteiger partial charge is 0.490 e. The minimum atomic E-state index is -0.982. The van der Waals surface area contributed by atoms with Gasteiger partial charge in [-0.1, -0.05) is 24.3 Å². The van der Waals surface area contributed by atoms with Gasteiger partial charge in [-0.05, 0) is 60.2 Å². The Bertz CT molecular complexity index is 1040. The minimum Gasteiger partial charge on any atom is -0.490 e. The standard InChI is InChI=1S/C23H21NO6S/c1-3-11-24-21(25)20(31-23(24)28)13-16-7-10-18(19(12-16)29-4-2)30-14-15-5-8-17(9-6-15)22(26)27/h3,5-10,12-13H,1,4,11,14H2,2H3,(H,26,27)/b20-13+. The molecule has 0 saturated carbocycles. The molecule has 8 heteroatoms. The van der Waals surface area contributed by atoms with E-state index in [1.165, 1.54) is 18.2 Å². The number of ether oxygens (including phenoxy) is 2. The highest BCUT2D eigenvalue weighted by Gasteiger charge is 2.34. The van der Waals surface area contributed by atoms with Gasteiger partial charge in [-0.3, -0.25) is 14.5 Å². The average Bonchev–Trinajstić information content (AvgIpc) is 3.01. The summed E-state index contributed by atoms with van der Waals surface area (Å²) >= 11 is 0.888. The number of benzene rings is 2. The summed E-state index contributed by atoms with van der Waals surface area (Å²) in [7, 11) is 0. The maximum atomic E-state index is 12.4. The van der Waals surface area contributed by atoms with Crippen LogP contribution >= 0.6 is 11.8 Å². The molecule has 1 N–H and O–H groups in total. The highest BCUT2D eigenvalue weighted by atomic mass is 32.2. The summed E-state index contributed by atoms with van der Waals surface area (Å²) in [6.07, 6.45) is 3.15. The van der Waals surface area contributed by atoms with Crippen LogP contribution in [-0.2, 0) is 11.4 Å². The zero-order valence-corrected chi connectivity index (χ0v) is 17.7. The Morgan fingerprint density at radius 1 is 1.13 bits per heavy atom. The molecule has 1 aliphatic rings. The van der Waals surface area contributed by atoms with Crippen LogP contribution < -0.4 is 9.47 Å². The second-order valence-electron chi connectivity index (χ2n) is 6.51. The Hall–Kier alpha value is -3.52. The van der Waals surface area contributed by atoms with E-state index in [9.17, 15) is 14.4 Å².